The molecule has 2 aromatic heterocycles. The van der Waals surface area contributed by atoms with Crippen molar-refractivity contribution in [3.05, 3.63) is 54.1 Å². The molecule has 3 fully saturated rings. The number of fused-ring (bicyclic) bond motifs is 2. The first-order valence-electron chi connectivity index (χ1n) is 17.3. The lowest BCUT2D eigenvalue weighted by Crippen LogP contribution is -2.53. The molecular formula is C38H48N4O5. The molecule has 250 valence electrons. The number of carbonyl (C=O) groups is 1. The number of aromatic nitrogens is 3. The summed E-state index contributed by atoms with van der Waals surface area (Å²) in [7, 11) is 0. The number of nitrogens with zero attached hydrogens (tertiary/aromatic N) is 4. The summed E-state index contributed by atoms with van der Waals surface area (Å²) < 4.78 is 26.7. The molecule has 0 bridgehead atoms. The fourth-order valence-electron chi connectivity index (χ4n) is 7.29. The van der Waals surface area contributed by atoms with E-state index in [4.69, 9.17) is 29.0 Å². The Kier molecular flexibility index (Phi) is 8.64. The van der Waals surface area contributed by atoms with Crippen molar-refractivity contribution in [1.82, 2.24) is 19.7 Å². The summed E-state index contributed by atoms with van der Waals surface area (Å²) in [5.41, 5.74) is 3.08. The summed E-state index contributed by atoms with van der Waals surface area (Å²) >= 11 is 0. The van der Waals surface area contributed by atoms with E-state index < -0.39 is 5.60 Å². The zero-order chi connectivity index (χ0) is 32.8. The average Bonchev–Trinajstić information content (AvgIpc) is 3.44. The molecule has 7 rings (SSSR count). The van der Waals surface area contributed by atoms with Crippen LogP contribution in [0, 0.1) is 5.41 Å². The average molecular weight is 641 g/mol. The molecule has 0 N–H and O–H groups in total. The van der Waals surface area contributed by atoms with Crippen LogP contribution in [0.2, 0.25) is 0 Å². The highest BCUT2D eigenvalue weighted by atomic mass is 16.6. The lowest BCUT2D eigenvalue weighted by Gasteiger charge is -2.43. The minimum Gasteiger partial charge on any atom is -0.473 e. The third-order valence-electron chi connectivity index (χ3n) is 9.78. The van der Waals surface area contributed by atoms with Gasteiger partial charge in [-0.1, -0.05) is 38.1 Å². The van der Waals surface area contributed by atoms with Crippen LogP contribution in [0.1, 0.15) is 90.9 Å². The smallest absolute Gasteiger partial charge is 0.410 e. The fourth-order valence-corrected chi connectivity index (χ4v) is 7.29. The van der Waals surface area contributed by atoms with Crippen LogP contribution in [0.4, 0.5) is 4.79 Å². The lowest BCUT2D eigenvalue weighted by molar-refractivity contribution is -0.0365. The number of amides is 1. The summed E-state index contributed by atoms with van der Waals surface area (Å²) in [6.45, 7) is 13.4. The van der Waals surface area contributed by atoms with Gasteiger partial charge in [-0.05, 0) is 88.1 Å². The second-order valence-corrected chi connectivity index (χ2v) is 15.1. The maximum atomic E-state index is 12.9. The number of likely N-dealkylation sites (tertiary alicyclic amines) is 1. The Morgan fingerprint density at radius 2 is 1.83 bits per heavy atom. The molecule has 0 saturated carbocycles. The predicted molar refractivity (Wildman–Crippen MR) is 183 cm³/mol. The highest BCUT2D eigenvalue weighted by Gasteiger charge is 2.41. The van der Waals surface area contributed by atoms with Crippen molar-refractivity contribution in [1.29, 1.82) is 0 Å². The molecule has 3 atom stereocenters. The van der Waals surface area contributed by atoms with Gasteiger partial charge in [0.05, 0.1) is 17.8 Å². The summed E-state index contributed by atoms with van der Waals surface area (Å²) in [6, 6.07) is 17.1. The van der Waals surface area contributed by atoms with E-state index >= 15 is 0 Å². The Morgan fingerprint density at radius 1 is 0.979 bits per heavy atom. The van der Waals surface area contributed by atoms with E-state index in [1.165, 1.54) is 5.56 Å². The van der Waals surface area contributed by atoms with E-state index in [1.54, 1.807) is 4.90 Å². The summed E-state index contributed by atoms with van der Waals surface area (Å²) in [5, 5.41) is 8.31. The quantitative estimate of drug-likeness (QED) is 0.217. The molecule has 47 heavy (non-hydrogen) atoms. The van der Waals surface area contributed by atoms with Crippen LogP contribution >= 0.6 is 0 Å². The maximum absolute atomic E-state index is 12.9. The molecule has 3 unspecified atom stereocenters. The molecule has 2 aromatic carbocycles. The van der Waals surface area contributed by atoms with Crippen molar-refractivity contribution >= 4 is 27.8 Å². The molecule has 1 amide bonds. The Morgan fingerprint density at radius 3 is 2.57 bits per heavy atom. The lowest BCUT2D eigenvalue weighted by atomic mass is 9.81. The van der Waals surface area contributed by atoms with Crippen LogP contribution in [0.25, 0.3) is 33.1 Å². The number of piperidine rings is 1. The van der Waals surface area contributed by atoms with Crippen LogP contribution in [-0.4, -0.2) is 70.4 Å². The largest absolute Gasteiger partial charge is 0.473 e. The van der Waals surface area contributed by atoms with Gasteiger partial charge in [0.2, 0.25) is 5.88 Å². The van der Waals surface area contributed by atoms with E-state index in [1.807, 2.05) is 32.9 Å². The molecule has 3 aliphatic heterocycles. The zero-order valence-electron chi connectivity index (χ0n) is 28.5. The van der Waals surface area contributed by atoms with Crippen molar-refractivity contribution < 1.29 is 23.7 Å². The molecule has 5 heterocycles. The molecule has 4 aromatic rings. The summed E-state index contributed by atoms with van der Waals surface area (Å²) in [5.74, 6) is 0.961. The van der Waals surface area contributed by atoms with E-state index in [0.29, 0.717) is 31.3 Å². The van der Waals surface area contributed by atoms with Crippen molar-refractivity contribution in [2.45, 2.75) is 97.0 Å². The summed E-state index contributed by atoms with van der Waals surface area (Å²) in [6.07, 6.45) is 5.48. The van der Waals surface area contributed by atoms with Gasteiger partial charge in [0.25, 0.3) is 0 Å². The topological polar surface area (TPSA) is 87.9 Å². The van der Waals surface area contributed by atoms with Crippen LogP contribution in [-0.2, 0) is 14.2 Å². The number of pyridine rings is 1. The normalized spacial score (nSPS) is 23.6. The molecule has 3 aliphatic rings. The van der Waals surface area contributed by atoms with E-state index in [0.717, 1.165) is 85.0 Å². The molecule has 0 radical (unpaired) electrons. The van der Waals surface area contributed by atoms with Gasteiger partial charge >= 0.3 is 6.09 Å². The van der Waals surface area contributed by atoms with E-state index in [-0.39, 0.29) is 23.8 Å². The van der Waals surface area contributed by atoms with Crippen molar-refractivity contribution in [2.75, 3.05) is 32.9 Å². The highest BCUT2D eigenvalue weighted by Crippen LogP contribution is 2.39. The molecule has 3 saturated heterocycles. The second-order valence-electron chi connectivity index (χ2n) is 15.1. The van der Waals surface area contributed by atoms with E-state index in [2.05, 4.69) is 54.9 Å². The van der Waals surface area contributed by atoms with Gasteiger partial charge in [0.15, 0.2) is 6.23 Å². The van der Waals surface area contributed by atoms with Gasteiger partial charge in [-0.2, -0.15) is 5.10 Å². The van der Waals surface area contributed by atoms with Crippen LogP contribution in [0.3, 0.4) is 0 Å². The predicted octanol–water partition coefficient (Wildman–Crippen LogP) is 8.26. The Balaban J connectivity index is 1.26. The monoisotopic (exact) mass is 640 g/mol. The van der Waals surface area contributed by atoms with Gasteiger partial charge < -0.3 is 23.8 Å². The van der Waals surface area contributed by atoms with Crippen molar-refractivity contribution in [2.24, 2.45) is 5.41 Å². The second kappa shape index (κ2) is 12.7. The number of rotatable bonds is 5. The number of benzene rings is 2. The maximum Gasteiger partial charge on any atom is 0.410 e. The highest BCUT2D eigenvalue weighted by molar-refractivity contribution is 5.97. The van der Waals surface area contributed by atoms with Crippen LogP contribution < -0.4 is 4.74 Å². The molecule has 0 spiro atoms. The minimum absolute atomic E-state index is 0.101. The first-order chi connectivity index (χ1) is 22.6. The van der Waals surface area contributed by atoms with Gasteiger partial charge in [-0.3, -0.25) is 0 Å². The van der Waals surface area contributed by atoms with Crippen molar-refractivity contribution in [3.63, 3.8) is 0 Å². The standard InChI is InChI=1S/C38H48N4O5/c1-37(2,3)47-36(43)41-18-17-32(38(4,5)24-41)46-35-28-13-7-6-11-26(28)22-30(39-35)34-29-21-25(27-12-10-19-44-23-27)15-16-31(29)42(40-34)33-14-8-9-20-45-33/h6-7,11,13,15-16,21-22,27,32-33H,8-10,12,14,17-20,23-24H2,1-5H3. The van der Waals surface area contributed by atoms with E-state index in [9.17, 15) is 4.79 Å². The van der Waals surface area contributed by atoms with Gasteiger partial charge in [-0.25, -0.2) is 14.5 Å². The molecule has 9 heteroatoms. The first-order valence-corrected chi connectivity index (χ1v) is 17.3. The molecular weight excluding hydrogens is 592 g/mol. The number of hydrogen-bond acceptors (Lipinski definition) is 7. The first kappa shape index (κ1) is 31.9. The Labute approximate surface area is 277 Å². The van der Waals surface area contributed by atoms with Gasteiger partial charge in [0, 0.05) is 54.8 Å². The number of carbonyl (C=O) groups excluding carboxylic acids is 1. The number of ether oxygens (including phenoxy) is 4. The van der Waals surface area contributed by atoms with Crippen molar-refractivity contribution in [3.8, 4) is 17.3 Å². The fraction of sp³-hybridized carbons (Fsp3) is 0.553. The molecule has 9 nitrogen and oxygen atoms in total. The minimum atomic E-state index is -0.539. The Hall–Kier alpha value is -3.69. The van der Waals surface area contributed by atoms with Crippen LogP contribution in [0.5, 0.6) is 5.88 Å². The summed E-state index contributed by atoms with van der Waals surface area (Å²) in [4.78, 5) is 19.9. The van der Waals surface area contributed by atoms with Gasteiger partial charge in [-0.15, -0.1) is 0 Å². The van der Waals surface area contributed by atoms with Gasteiger partial charge in [0.1, 0.15) is 17.4 Å². The molecule has 0 aliphatic carbocycles. The number of hydrogen-bond donors (Lipinski definition) is 0. The zero-order valence-corrected chi connectivity index (χ0v) is 28.5. The SMILES string of the molecule is CC(C)(C)OC(=O)N1CCC(Oc2nc(-c3nn(C4CCCCO4)c4ccc(C5CCCOC5)cc34)cc3ccccc23)C(C)(C)C1. The van der Waals surface area contributed by atoms with Crippen LogP contribution in [0.15, 0.2) is 48.5 Å². The third kappa shape index (κ3) is 6.70. The Bertz CT molecular complexity index is 1750. The third-order valence-corrected chi connectivity index (χ3v) is 9.78.